The molecule has 0 aromatic heterocycles. The van der Waals surface area contributed by atoms with Crippen LogP contribution in [0.3, 0.4) is 0 Å². The number of hydrogen-bond acceptors (Lipinski definition) is 6. The number of aliphatic carboxylic acids is 1. The van der Waals surface area contributed by atoms with E-state index in [1.165, 1.54) is 18.1 Å². The van der Waals surface area contributed by atoms with Gasteiger partial charge in [-0.3, -0.25) is 24.1 Å². The molecule has 0 bridgehead atoms. The molecule has 2 aliphatic carbocycles. The molecule has 4 rings (SSSR count). The van der Waals surface area contributed by atoms with Crippen molar-refractivity contribution >= 4 is 41.5 Å². The maximum atomic E-state index is 12.6. The predicted octanol–water partition coefficient (Wildman–Crippen LogP) is 2.92. The molecule has 0 aromatic rings. The molecule has 2 saturated heterocycles. The Morgan fingerprint density at radius 2 is 1.68 bits per heavy atom. The van der Waals surface area contributed by atoms with Crippen LogP contribution in [-0.4, -0.2) is 55.3 Å². The van der Waals surface area contributed by atoms with Gasteiger partial charge in [-0.05, 0) is 60.4 Å². The molecule has 4 aliphatic rings. The van der Waals surface area contributed by atoms with Crippen LogP contribution in [-0.2, 0) is 24.0 Å². The highest BCUT2D eigenvalue weighted by atomic mass is 32.2. The molecule has 0 aromatic carbocycles. The van der Waals surface area contributed by atoms with Crippen LogP contribution in [0.5, 0.6) is 0 Å². The number of nitrogens with one attached hydrogen (secondary N) is 1. The number of rotatable bonds is 6. The lowest BCUT2D eigenvalue weighted by atomic mass is 9.78. The van der Waals surface area contributed by atoms with E-state index in [1.54, 1.807) is 13.8 Å². The third-order valence-electron chi connectivity index (χ3n) is 6.11. The Hall–Kier alpha value is -3.14. The van der Waals surface area contributed by atoms with Gasteiger partial charge in [0.2, 0.25) is 17.7 Å². The normalized spacial score (nSPS) is 21.7. The molecule has 0 radical (unpaired) electrons. The van der Waals surface area contributed by atoms with Gasteiger partial charge in [0.05, 0.1) is 0 Å². The fourth-order valence-corrected chi connectivity index (χ4v) is 5.14. The van der Waals surface area contributed by atoms with Crippen molar-refractivity contribution in [1.29, 1.82) is 0 Å². The van der Waals surface area contributed by atoms with E-state index in [0.717, 1.165) is 21.2 Å². The molecule has 2 aliphatic heterocycles. The molecular formula is C24H29N3O6S. The van der Waals surface area contributed by atoms with E-state index in [-0.39, 0.29) is 30.4 Å². The summed E-state index contributed by atoms with van der Waals surface area (Å²) >= 11 is 0.787. The van der Waals surface area contributed by atoms with Crippen LogP contribution in [0.1, 0.15) is 53.9 Å². The number of hydrogen-bond donors (Lipinski definition) is 2. The minimum atomic E-state index is -1.30. The van der Waals surface area contributed by atoms with E-state index < -0.39 is 34.6 Å². The number of likely N-dealkylation sites (tertiary alicyclic amines) is 1. The summed E-state index contributed by atoms with van der Waals surface area (Å²) in [5.41, 5.74) is 2.61. The van der Waals surface area contributed by atoms with Crippen LogP contribution in [0.25, 0.3) is 11.1 Å². The van der Waals surface area contributed by atoms with E-state index in [4.69, 9.17) is 0 Å². The first-order valence-corrected chi connectivity index (χ1v) is 11.9. The molecule has 2 N–H and O–H groups in total. The standard InChI is InChI=1S/C18H25N3O6S.C6H4/c1-6-18(5)7-11(23)21(12(24)8-18)28-16-13(19-10(4)22)15(25)20(16)14(9(2)3)17(26)27;1-2-5-4-6(5)3-1/h13,16H,6-8H2,1-5H3,(H,19,22)(H,26,27);1-4H. The molecule has 182 valence electrons. The number of nitrogens with zero attached hydrogens (tertiary/aromatic N) is 2. The average Bonchev–Trinajstić information content (AvgIpc) is 3.34. The van der Waals surface area contributed by atoms with Crippen molar-refractivity contribution in [1.82, 2.24) is 14.5 Å². The van der Waals surface area contributed by atoms with Crippen molar-refractivity contribution in [3.63, 3.8) is 0 Å². The van der Waals surface area contributed by atoms with Gasteiger partial charge in [0.15, 0.2) is 0 Å². The highest BCUT2D eigenvalue weighted by molar-refractivity contribution is 7.98. The topological polar surface area (TPSA) is 124 Å². The van der Waals surface area contributed by atoms with Crippen molar-refractivity contribution in [2.24, 2.45) is 5.41 Å². The number of piperidine rings is 1. The molecule has 10 heteroatoms. The monoisotopic (exact) mass is 487 g/mol. The smallest absolute Gasteiger partial charge is 0.352 e. The molecule has 2 atom stereocenters. The van der Waals surface area contributed by atoms with Gasteiger partial charge in [-0.25, -0.2) is 9.10 Å². The summed E-state index contributed by atoms with van der Waals surface area (Å²) in [7, 11) is 0. The summed E-state index contributed by atoms with van der Waals surface area (Å²) in [6, 6.07) is 7.46. The Bertz CT molecular complexity index is 1060. The number of amides is 4. The number of benzene rings is 1. The molecular weight excluding hydrogens is 458 g/mol. The van der Waals surface area contributed by atoms with Crippen molar-refractivity contribution < 1.29 is 29.1 Å². The van der Waals surface area contributed by atoms with Crippen LogP contribution < -0.4 is 5.32 Å². The van der Waals surface area contributed by atoms with Crippen molar-refractivity contribution in [2.45, 2.75) is 65.3 Å². The highest BCUT2D eigenvalue weighted by Gasteiger charge is 2.54. The Morgan fingerprint density at radius 1 is 1.12 bits per heavy atom. The molecule has 0 spiro atoms. The van der Waals surface area contributed by atoms with Gasteiger partial charge in [0.25, 0.3) is 5.91 Å². The fraction of sp³-hybridized carbons (Fsp3) is 0.458. The third-order valence-corrected chi connectivity index (χ3v) is 7.42. The van der Waals surface area contributed by atoms with Gasteiger partial charge in [-0.2, -0.15) is 0 Å². The van der Waals surface area contributed by atoms with E-state index in [0.29, 0.717) is 12.0 Å². The predicted molar refractivity (Wildman–Crippen MR) is 127 cm³/mol. The number of carbonyl (C=O) groups excluding carboxylic acids is 4. The number of carbonyl (C=O) groups is 5. The minimum Gasteiger partial charge on any atom is -0.477 e. The Labute approximate surface area is 202 Å². The van der Waals surface area contributed by atoms with Crippen LogP contribution in [0.4, 0.5) is 0 Å². The highest BCUT2D eigenvalue weighted by Crippen LogP contribution is 2.42. The minimum absolute atomic E-state index is 0.183. The zero-order valence-corrected chi connectivity index (χ0v) is 20.7. The van der Waals surface area contributed by atoms with E-state index >= 15 is 0 Å². The SMILES string of the molecule is CCC1(C)CC(=O)N(SC2C(NC(C)=O)C(=O)N2C(C(=O)O)=C(C)C)C(=O)C1.c1cc2cc-2c1. The average molecular weight is 488 g/mol. The van der Waals surface area contributed by atoms with Gasteiger partial charge >= 0.3 is 5.97 Å². The molecule has 2 heterocycles. The van der Waals surface area contributed by atoms with Gasteiger partial charge < -0.3 is 10.4 Å². The van der Waals surface area contributed by atoms with Gasteiger partial charge in [-0.15, -0.1) is 0 Å². The quantitative estimate of drug-likeness (QED) is 0.278. The summed E-state index contributed by atoms with van der Waals surface area (Å²) in [5, 5.41) is 11.1. The zero-order chi connectivity index (χ0) is 25.4. The molecule has 2 unspecified atom stereocenters. The first kappa shape index (κ1) is 25.5. The first-order valence-electron chi connectivity index (χ1n) is 11.0. The summed E-state index contributed by atoms with van der Waals surface area (Å²) in [5.74, 6) is -3.13. The first-order chi connectivity index (χ1) is 15.9. The van der Waals surface area contributed by atoms with Crippen LogP contribution in [0, 0.1) is 5.41 Å². The molecule has 2 fully saturated rings. The Morgan fingerprint density at radius 3 is 2.03 bits per heavy atom. The maximum Gasteiger partial charge on any atom is 0.352 e. The number of imide groups is 1. The van der Waals surface area contributed by atoms with Crippen LogP contribution >= 0.6 is 11.9 Å². The summed E-state index contributed by atoms with van der Waals surface area (Å²) in [4.78, 5) is 61.8. The number of fused-ring (bicyclic) bond motifs is 1. The van der Waals surface area contributed by atoms with E-state index in [9.17, 15) is 29.1 Å². The zero-order valence-electron chi connectivity index (χ0n) is 19.9. The third kappa shape index (κ3) is 5.16. The van der Waals surface area contributed by atoms with Gasteiger partial charge in [0, 0.05) is 19.8 Å². The van der Waals surface area contributed by atoms with Crippen molar-refractivity contribution in [3.8, 4) is 11.1 Å². The Balaban J connectivity index is 0.000000457. The van der Waals surface area contributed by atoms with Gasteiger partial charge in [0.1, 0.15) is 17.1 Å². The van der Waals surface area contributed by atoms with E-state index in [1.807, 2.05) is 13.8 Å². The summed E-state index contributed by atoms with van der Waals surface area (Å²) in [6.07, 6.45) is 1.04. The fourth-order valence-electron chi connectivity index (χ4n) is 3.95. The number of carboxylic acid groups (broad SMARTS) is 1. The number of β-lactam (4-membered cyclic amide) rings is 1. The lowest BCUT2D eigenvalue weighted by molar-refractivity contribution is -0.151. The van der Waals surface area contributed by atoms with Gasteiger partial charge in [-0.1, -0.05) is 32.0 Å². The molecule has 4 amide bonds. The Kier molecular flexibility index (Phi) is 7.21. The summed E-state index contributed by atoms with van der Waals surface area (Å²) < 4.78 is 1.00. The second-order valence-electron chi connectivity index (χ2n) is 9.22. The van der Waals surface area contributed by atoms with Crippen LogP contribution in [0.2, 0.25) is 0 Å². The lowest BCUT2D eigenvalue weighted by Gasteiger charge is -2.48. The maximum absolute atomic E-state index is 12.6. The molecule has 9 nitrogen and oxygen atoms in total. The molecule has 0 saturated carbocycles. The molecule has 34 heavy (non-hydrogen) atoms. The second-order valence-corrected chi connectivity index (χ2v) is 10.3. The largest absolute Gasteiger partial charge is 0.477 e. The lowest BCUT2D eigenvalue weighted by Crippen LogP contribution is -2.70. The van der Waals surface area contributed by atoms with E-state index in [2.05, 4.69) is 29.6 Å². The summed E-state index contributed by atoms with van der Waals surface area (Å²) in [6.45, 7) is 8.12. The van der Waals surface area contributed by atoms with Crippen molar-refractivity contribution in [3.05, 3.63) is 35.5 Å². The number of carboxylic acids is 1. The second kappa shape index (κ2) is 9.61. The number of allylic oxidation sites excluding steroid dienone is 1. The van der Waals surface area contributed by atoms with Crippen molar-refractivity contribution in [2.75, 3.05) is 0 Å². The van der Waals surface area contributed by atoms with Crippen LogP contribution in [0.15, 0.2) is 35.5 Å².